The van der Waals surface area contributed by atoms with E-state index < -0.39 is 46.0 Å². The summed E-state index contributed by atoms with van der Waals surface area (Å²) in [5, 5.41) is 2.69. The highest BCUT2D eigenvalue weighted by molar-refractivity contribution is 7.92. The number of benzene rings is 3. The predicted molar refractivity (Wildman–Crippen MR) is 166 cm³/mol. The minimum Gasteiger partial charge on any atom is -0.495 e. The number of imide groups is 1. The lowest BCUT2D eigenvalue weighted by molar-refractivity contribution is -0.147. The van der Waals surface area contributed by atoms with Crippen LogP contribution >= 0.6 is 11.6 Å². The maximum absolute atomic E-state index is 14.1. The first-order valence-corrected chi connectivity index (χ1v) is 15.7. The molecule has 2 heterocycles. The van der Waals surface area contributed by atoms with Gasteiger partial charge in [0.1, 0.15) is 5.75 Å². The van der Waals surface area contributed by atoms with Crippen molar-refractivity contribution >= 4 is 62.4 Å². The number of nitrogens with zero attached hydrogens (tertiary/aromatic N) is 3. The molecule has 0 bridgehead atoms. The molecule has 0 aliphatic carbocycles. The van der Waals surface area contributed by atoms with Gasteiger partial charge in [-0.2, -0.15) is 0 Å². The Morgan fingerprint density at radius 3 is 2.47 bits per heavy atom. The molecule has 15 heteroatoms. The third-order valence-corrected chi connectivity index (χ3v) is 9.08. The van der Waals surface area contributed by atoms with Crippen molar-refractivity contribution in [3.8, 4) is 5.75 Å². The number of nitrogens with one attached hydrogen (secondary N) is 2. The molecule has 2 unspecified atom stereocenters. The first-order valence-electron chi connectivity index (χ1n) is 13.9. The van der Waals surface area contributed by atoms with E-state index in [0.29, 0.717) is 17.0 Å². The molecular weight excluding hydrogens is 626 g/mol. The number of halogens is 1. The highest BCUT2D eigenvalue weighted by Gasteiger charge is 2.53. The number of methoxy groups -OCH3 is 1. The molecule has 13 nitrogen and oxygen atoms in total. The molecule has 0 saturated carbocycles. The van der Waals surface area contributed by atoms with Gasteiger partial charge in [0.25, 0.3) is 27.7 Å². The topological polar surface area (TPSA) is 155 Å². The van der Waals surface area contributed by atoms with Crippen LogP contribution in [-0.4, -0.2) is 81.5 Å². The van der Waals surface area contributed by atoms with E-state index in [1.807, 2.05) is 12.1 Å². The molecule has 45 heavy (non-hydrogen) atoms. The van der Waals surface area contributed by atoms with Crippen molar-refractivity contribution in [2.45, 2.75) is 30.5 Å². The largest absolute Gasteiger partial charge is 0.495 e. The minimum atomic E-state index is -4.21. The number of ether oxygens (including phenoxy) is 2. The van der Waals surface area contributed by atoms with Gasteiger partial charge in [-0.15, -0.1) is 0 Å². The zero-order valence-electron chi connectivity index (χ0n) is 24.5. The average Bonchev–Trinajstić information content (AvgIpc) is 3.54. The van der Waals surface area contributed by atoms with Crippen molar-refractivity contribution in [2.75, 3.05) is 42.2 Å². The summed E-state index contributed by atoms with van der Waals surface area (Å²) in [6.45, 7) is 1.94. The van der Waals surface area contributed by atoms with E-state index >= 15 is 0 Å². The molecule has 0 spiro atoms. The fourth-order valence-electron chi connectivity index (χ4n) is 5.18. The summed E-state index contributed by atoms with van der Waals surface area (Å²) in [6.07, 6.45) is -0.832. The number of rotatable bonds is 10. The number of amides is 5. The Labute approximate surface area is 264 Å². The number of para-hydroxylation sites is 2. The Hall–Kier alpha value is -4.66. The van der Waals surface area contributed by atoms with Gasteiger partial charge in [0, 0.05) is 25.9 Å². The molecule has 5 rings (SSSR count). The van der Waals surface area contributed by atoms with Gasteiger partial charge in [-0.1, -0.05) is 41.9 Å². The summed E-state index contributed by atoms with van der Waals surface area (Å²) in [7, 11) is -1.58. The van der Waals surface area contributed by atoms with E-state index in [4.69, 9.17) is 21.1 Å². The van der Waals surface area contributed by atoms with E-state index in [1.165, 1.54) is 43.3 Å². The van der Waals surface area contributed by atoms with Gasteiger partial charge in [-0.3, -0.25) is 24.0 Å². The zero-order valence-corrected chi connectivity index (χ0v) is 26.1. The van der Waals surface area contributed by atoms with Crippen LogP contribution in [0.15, 0.2) is 71.6 Å². The fourth-order valence-corrected chi connectivity index (χ4v) is 6.53. The highest BCUT2D eigenvalue weighted by Crippen LogP contribution is 2.33. The lowest BCUT2D eigenvalue weighted by atomic mass is 10.1. The summed E-state index contributed by atoms with van der Waals surface area (Å²) in [6, 6.07) is 14.2. The maximum Gasteiger partial charge on any atom is 0.330 e. The van der Waals surface area contributed by atoms with Gasteiger partial charge in [0.15, 0.2) is 6.04 Å². The fraction of sp³-hybridized carbons (Fsp3) is 0.267. The standard InChI is InChI=1S/C30H30ClN5O8S/c1-4-44-29-28(39)36(30(40)34(29)2)25(27(38)35-16-15-18-9-5-8-12-23(18)35)26(37)32-22-17-19(13-14-24(22)43-3)45(41,42)33-21-11-7-6-10-20(21)31/h5-14,17,25,29,33H,4,15-16H2,1-3H3,(H,32,37). The van der Waals surface area contributed by atoms with Crippen LogP contribution in [0, 0.1) is 0 Å². The molecule has 2 aliphatic heterocycles. The first kappa shape index (κ1) is 31.8. The minimum absolute atomic E-state index is 0.0566. The van der Waals surface area contributed by atoms with Gasteiger partial charge >= 0.3 is 6.03 Å². The molecule has 1 saturated heterocycles. The summed E-state index contributed by atoms with van der Waals surface area (Å²) in [5.74, 6) is -2.73. The van der Waals surface area contributed by atoms with Crippen molar-refractivity contribution in [3.05, 3.63) is 77.3 Å². The summed E-state index contributed by atoms with van der Waals surface area (Å²) < 4.78 is 39.7. The van der Waals surface area contributed by atoms with Crippen LogP contribution in [0.3, 0.4) is 0 Å². The Bertz CT molecular complexity index is 1790. The molecule has 0 radical (unpaired) electrons. The molecule has 2 aliphatic rings. The summed E-state index contributed by atoms with van der Waals surface area (Å²) >= 11 is 6.13. The van der Waals surface area contributed by atoms with Crippen LogP contribution in [0.25, 0.3) is 0 Å². The van der Waals surface area contributed by atoms with Crippen LogP contribution in [0.2, 0.25) is 5.02 Å². The van der Waals surface area contributed by atoms with Crippen LogP contribution in [0.1, 0.15) is 12.5 Å². The molecule has 236 valence electrons. The van der Waals surface area contributed by atoms with Crippen molar-refractivity contribution in [1.82, 2.24) is 9.80 Å². The molecule has 0 aromatic heterocycles. The van der Waals surface area contributed by atoms with E-state index in [-0.39, 0.29) is 40.2 Å². The zero-order chi connectivity index (χ0) is 32.5. The van der Waals surface area contributed by atoms with Crippen molar-refractivity contribution < 1.29 is 37.1 Å². The molecule has 5 amide bonds. The number of hydrogen-bond donors (Lipinski definition) is 2. The molecule has 3 aromatic rings. The number of anilines is 3. The number of hydrogen-bond acceptors (Lipinski definition) is 8. The van der Waals surface area contributed by atoms with Crippen molar-refractivity contribution in [3.63, 3.8) is 0 Å². The number of fused-ring (bicyclic) bond motifs is 1. The van der Waals surface area contributed by atoms with Gasteiger partial charge in [-0.25, -0.2) is 18.1 Å². The van der Waals surface area contributed by atoms with E-state index in [2.05, 4.69) is 10.0 Å². The van der Waals surface area contributed by atoms with Crippen LogP contribution in [-0.2, 0) is 35.6 Å². The maximum atomic E-state index is 14.1. The van der Waals surface area contributed by atoms with Crippen LogP contribution in [0.4, 0.5) is 21.9 Å². The molecule has 1 fully saturated rings. The quantitative estimate of drug-likeness (QED) is 0.249. The van der Waals surface area contributed by atoms with Crippen molar-refractivity contribution in [2.24, 2.45) is 0 Å². The number of likely N-dealkylation sites (N-methyl/N-ethyl adjacent to an activating group) is 1. The molecule has 2 atom stereocenters. The third kappa shape index (κ3) is 6.03. The SMILES string of the molecule is CCOC1C(=O)N(C(C(=O)Nc2cc(S(=O)(=O)Nc3ccccc3Cl)ccc2OC)C(=O)N2CCc3ccccc32)C(=O)N1C. The number of sulfonamides is 1. The second kappa shape index (κ2) is 12.8. The summed E-state index contributed by atoms with van der Waals surface area (Å²) in [4.78, 5) is 57.6. The van der Waals surface area contributed by atoms with E-state index in [0.717, 1.165) is 16.5 Å². The predicted octanol–water partition coefficient (Wildman–Crippen LogP) is 3.30. The van der Waals surface area contributed by atoms with E-state index in [9.17, 15) is 27.6 Å². The highest BCUT2D eigenvalue weighted by atomic mass is 35.5. The smallest absolute Gasteiger partial charge is 0.330 e. The number of carbonyl (C=O) groups is 4. The Morgan fingerprint density at radius 2 is 1.76 bits per heavy atom. The van der Waals surface area contributed by atoms with Gasteiger partial charge in [0.05, 0.1) is 28.4 Å². The lowest BCUT2D eigenvalue weighted by Crippen LogP contribution is -2.57. The van der Waals surface area contributed by atoms with Crippen LogP contribution < -0.4 is 19.7 Å². The Kier molecular flexibility index (Phi) is 9.00. The molecule has 2 N–H and O–H groups in total. The third-order valence-electron chi connectivity index (χ3n) is 7.38. The molecule has 3 aromatic carbocycles. The van der Waals surface area contributed by atoms with Crippen LogP contribution in [0.5, 0.6) is 5.75 Å². The summed E-state index contributed by atoms with van der Waals surface area (Å²) in [5.41, 5.74) is 1.42. The van der Waals surface area contributed by atoms with Gasteiger partial charge < -0.3 is 19.7 Å². The average molecular weight is 656 g/mol. The van der Waals surface area contributed by atoms with E-state index in [1.54, 1.807) is 31.2 Å². The normalized spacial score (nSPS) is 16.9. The Morgan fingerprint density at radius 1 is 1.04 bits per heavy atom. The number of carbonyl (C=O) groups excluding carboxylic acids is 4. The molecular formula is C30H30ClN5O8S. The second-order valence-corrected chi connectivity index (χ2v) is 12.2. The second-order valence-electron chi connectivity index (χ2n) is 10.1. The van der Waals surface area contributed by atoms with Gasteiger partial charge in [0.2, 0.25) is 6.23 Å². The lowest BCUT2D eigenvalue weighted by Gasteiger charge is -2.28. The number of urea groups is 1. The van der Waals surface area contributed by atoms with Crippen molar-refractivity contribution in [1.29, 1.82) is 0 Å². The Balaban J connectivity index is 1.52. The monoisotopic (exact) mass is 655 g/mol. The van der Waals surface area contributed by atoms with Gasteiger partial charge in [-0.05, 0) is 55.3 Å². The first-order chi connectivity index (χ1) is 21.5.